The van der Waals surface area contributed by atoms with Crippen LogP contribution in [0.15, 0.2) is 40.9 Å². The van der Waals surface area contributed by atoms with Crippen LogP contribution in [0.4, 0.5) is 14.5 Å². The number of rotatable bonds is 8. The second-order valence-electron chi connectivity index (χ2n) is 7.65. The monoisotopic (exact) mass is 492 g/mol. The molecule has 2 heterocycles. The van der Waals surface area contributed by atoms with Crippen LogP contribution in [0.25, 0.3) is 11.4 Å². The normalized spacial score (nSPS) is 13.7. The Hall–Kier alpha value is -3.40. The molecule has 0 atom stereocenters. The molecule has 0 spiro atoms. The molecular weight excluding hydrogens is 470 g/mol. The second kappa shape index (κ2) is 10.7. The molecule has 11 heteroatoms. The van der Waals surface area contributed by atoms with Crippen molar-refractivity contribution in [1.82, 2.24) is 15.0 Å². The van der Waals surface area contributed by atoms with Gasteiger partial charge in [-0.25, -0.2) is 0 Å². The van der Waals surface area contributed by atoms with Crippen LogP contribution in [-0.2, 0) is 6.54 Å². The number of hydrogen-bond donors (Lipinski definition) is 1. The van der Waals surface area contributed by atoms with Gasteiger partial charge in [0.05, 0.1) is 19.2 Å². The zero-order valence-electron chi connectivity index (χ0n) is 18.4. The van der Waals surface area contributed by atoms with Gasteiger partial charge in [-0.05, 0) is 55.7 Å². The first kappa shape index (κ1) is 23.7. The molecule has 1 aliphatic heterocycles. The third-order valence-electron chi connectivity index (χ3n) is 5.39. The molecule has 1 aromatic heterocycles. The molecule has 0 bridgehead atoms. The number of halogens is 3. The van der Waals surface area contributed by atoms with E-state index in [4.69, 9.17) is 20.9 Å². The number of piperidine rings is 1. The number of carbonyl (C=O) groups is 1. The highest BCUT2D eigenvalue weighted by Gasteiger charge is 2.21. The van der Waals surface area contributed by atoms with Crippen LogP contribution in [0.2, 0.25) is 5.02 Å². The fourth-order valence-electron chi connectivity index (χ4n) is 3.73. The average molecular weight is 493 g/mol. The van der Waals surface area contributed by atoms with Crippen LogP contribution in [0.1, 0.15) is 35.5 Å². The van der Waals surface area contributed by atoms with Gasteiger partial charge >= 0.3 is 6.61 Å². The Labute approximate surface area is 199 Å². The van der Waals surface area contributed by atoms with E-state index < -0.39 is 6.61 Å². The quantitative estimate of drug-likeness (QED) is 0.460. The van der Waals surface area contributed by atoms with E-state index in [9.17, 15) is 13.6 Å². The number of benzene rings is 2. The molecule has 0 saturated carbocycles. The standard InChI is InChI=1S/C23H23ClF2N4O4/c1-32-19-11-14(5-8-18(19)33-23(25)26)21-28-20(34-29-21)13-27-17-12-15(24)6-7-16(17)22(31)30-9-3-2-4-10-30/h5-8,11-12,23,27H,2-4,9-10,13H2,1H3. The lowest BCUT2D eigenvalue weighted by Crippen LogP contribution is -2.36. The maximum absolute atomic E-state index is 13.0. The van der Waals surface area contributed by atoms with E-state index in [-0.39, 0.29) is 35.7 Å². The fourth-order valence-corrected chi connectivity index (χ4v) is 3.90. The number of aromatic nitrogens is 2. The highest BCUT2D eigenvalue weighted by molar-refractivity contribution is 6.31. The summed E-state index contributed by atoms with van der Waals surface area (Å²) in [7, 11) is 1.34. The number of anilines is 1. The molecule has 2 aromatic carbocycles. The van der Waals surface area contributed by atoms with Crippen LogP contribution in [0.3, 0.4) is 0 Å². The van der Waals surface area contributed by atoms with E-state index in [1.807, 2.05) is 4.90 Å². The summed E-state index contributed by atoms with van der Waals surface area (Å²) < 4.78 is 39.9. The Kier molecular flexibility index (Phi) is 7.46. The summed E-state index contributed by atoms with van der Waals surface area (Å²) >= 11 is 6.16. The number of ether oxygens (including phenoxy) is 2. The molecule has 4 rings (SSSR count). The molecule has 1 saturated heterocycles. The van der Waals surface area contributed by atoms with Gasteiger partial charge in [-0.3, -0.25) is 4.79 Å². The fraction of sp³-hybridized carbons (Fsp3) is 0.348. The highest BCUT2D eigenvalue weighted by atomic mass is 35.5. The Bertz CT molecular complexity index is 1150. The predicted octanol–water partition coefficient (Wildman–Crippen LogP) is 5.24. The van der Waals surface area contributed by atoms with E-state index in [1.165, 1.54) is 25.3 Å². The Balaban J connectivity index is 1.48. The number of carbonyl (C=O) groups excluding carboxylic acids is 1. The zero-order valence-corrected chi connectivity index (χ0v) is 19.1. The number of nitrogens with one attached hydrogen (secondary N) is 1. The lowest BCUT2D eigenvalue weighted by atomic mass is 10.1. The first-order valence-electron chi connectivity index (χ1n) is 10.7. The number of hydrogen-bond acceptors (Lipinski definition) is 7. The third kappa shape index (κ3) is 5.56. The maximum atomic E-state index is 13.0. The molecule has 0 radical (unpaired) electrons. The summed E-state index contributed by atoms with van der Waals surface area (Å²) in [6.07, 6.45) is 3.11. The zero-order chi connectivity index (χ0) is 24.1. The van der Waals surface area contributed by atoms with Crippen molar-refractivity contribution in [3.8, 4) is 22.9 Å². The summed E-state index contributed by atoms with van der Waals surface area (Å²) in [6, 6.07) is 9.42. The summed E-state index contributed by atoms with van der Waals surface area (Å²) in [6.45, 7) is -1.35. The van der Waals surface area contributed by atoms with Crippen LogP contribution in [0, 0.1) is 0 Å². The second-order valence-corrected chi connectivity index (χ2v) is 8.09. The van der Waals surface area contributed by atoms with E-state index in [0.717, 1.165) is 32.4 Å². The van der Waals surface area contributed by atoms with E-state index in [0.29, 0.717) is 21.8 Å². The molecule has 180 valence electrons. The minimum atomic E-state index is -2.97. The first-order chi connectivity index (χ1) is 16.4. The molecule has 8 nitrogen and oxygen atoms in total. The van der Waals surface area contributed by atoms with Crippen LogP contribution >= 0.6 is 11.6 Å². The molecular formula is C23H23ClF2N4O4. The summed E-state index contributed by atoms with van der Waals surface area (Å²) in [5.74, 6) is 0.469. The van der Waals surface area contributed by atoms with Gasteiger partial charge in [0, 0.05) is 29.4 Å². The van der Waals surface area contributed by atoms with Gasteiger partial charge in [0.25, 0.3) is 5.91 Å². The Morgan fingerprint density at radius 1 is 1.18 bits per heavy atom. The number of likely N-dealkylation sites (tertiary alicyclic amines) is 1. The lowest BCUT2D eigenvalue weighted by molar-refractivity contribution is -0.0512. The van der Waals surface area contributed by atoms with Gasteiger partial charge in [0.1, 0.15) is 0 Å². The van der Waals surface area contributed by atoms with Gasteiger partial charge in [-0.2, -0.15) is 13.8 Å². The topological polar surface area (TPSA) is 89.7 Å². The van der Waals surface area contributed by atoms with Crippen molar-refractivity contribution in [3.63, 3.8) is 0 Å². The van der Waals surface area contributed by atoms with Crippen LogP contribution in [0.5, 0.6) is 11.5 Å². The average Bonchev–Trinajstić information content (AvgIpc) is 3.32. The SMILES string of the molecule is COc1cc(-c2noc(CNc3cc(Cl)ccc3C(=O)N3CCCCC3)n2)ccc1OC(F)F. The molecule has 0 aliphatic carbocycles. The highest BCUT2D eigenvalue weighted by Crippen LogP contribution is 2.32. The molecule has 34 heavy (non-hydrogen) atoms. The minimum Gasteiger partial charge on any atom is -0.493 e. The number of nitrogens with zero attached hydrogens (tertiary/aromatic N) is 3. The van der Waals surface area contributed by atoms with Crippen molar-refractivity contribution in [3.05, 3.63) is 52.9 Å². The predicted molar refractivity (Wildman–Crippen MR) is 121 cm³/mol. The van der Waals surface area contributed by atoms with Crippen LogP contribution in [-0.4, -0.2) is 47.8 Å². The summed E-state index contributed by atoms with van der Waals surface area (Å²) in [4.78, 5) is 19.2. The van der Waals surface area contributed by atoms with Gasteiger partial charge in [0.15, 0.2) is 11.5 Å². The van der Waals surface area contributed by atoms with E-state index in [2.05, 4.69) is 20.2 Å². The van der Waals surface area contributed by atoms with Crippen molar-refractivity contribution >= 4 is 23.2 Å². The largest absolute Gasteiger partial charge is 0.493 e. The van der Waals surface area contributed by atoms with Crippen molar-refractivity contribution < 1.29 is 27.6 Å². The molecule has 1 fully saturated rings. The van der Waals surface area contributed by atoms with Crippen molar-refractivity contribution in [2.24, 2.45) is 0 Å². The van der Waals surface area contributed by atoms with E-state index >= 15 is 0 Å². The molecule has 0 unspecified atom stereocenters. The van der Waals surface area contributed by atoms with Crippen LogP contribution < -0.4 is 14.8 Å². The van der Waals surface area contributed by atoms with Crippen molar-refractivity contribution in [2.75, 3.05) is 25.5 Å². The molecule has 1 amide bonds. The summed E-state index contributed by atoms with van der Waals surface area (Å²) in [5, 5.41) is 7.58. The number of amides is 1. The van der Waals surface area contributed by atoms with Crippen molar-refractivity contribution in [2.45, 2.75) is 32.4 Å². The Morgan fingerprint density at radius 3 is 2.71 bits per heavy atom. The third-order valence-corrected chi connectivity index (χ3v) is 5.63. The van der Waals surface area contributed by atoms with Crippen molar-refractivity contribution in [1.29, 1.82) is 0 Å². The number of alkyl halides is 2. The first-order valence-corrected chi connectivity index (χ1v) is 11.1. The van der Waals surface area contributed by atoms with Gasteiger partial charge in [-0.15, -0.1) is 0 Å². The lowest BCUT2D eigenvalue weighted by Gasteiger charge is -2.27. The molecule has 3 aromatic rings. The van der Waals surface area contributed by atoms with Gasteiger partial charge < -0.3 is 24.2 Å². The summed E-state index contributed by atoms with van der Waals surface area (Å²) in [5.41, 5.74) is 1.58. The number of methoxy groups -OCH3 is 1. The van der Waals surface area contributed by atoms with Gasteiger partial charge in [-0.1, -0.05) is 16.8 Å². The Morgan fingerprint density at radius 2 is 1.97 bits per heavy atom. The minimum absolute atomic E-state index is 0.0525. The van der Waals surface area contributed by atoms with E-state index in [1.54, 1.807) is 18.2 Å². The van der Waals surface area contributed by atoms with Gasteiger partial charge in [0.2, 0.25) is 11.7 Å². The molecule has 1 aliphatic rings. The molecule has 1 N–H and O–H groups in total. The maximum Gasteiger partial charge on any atom is 0.387 e. The smallest absolute Gasteiger partial charge is 0.387 e.